The second-order valence-electron chi connectivity index (χ2n) is 8.73. The van der Waals surface area contributed by atoms with Crippen molar-refractivity contribution in [2.24, 2.45) is 5.92 Å². The molecule has 0 aromatic carbocycles. The number of hydrogen-bond acceptors (Lipinski definition) is 11. The van der Waals surface area contributed by atoms with Crippen molar-refractivity contribution in [2.75, 3.05) is 139 Å². The molecule has 0 aliphatic heterocycles. The predicted molar refractivity (Wildman–Crippen MR) is 149 cm³/mol. The molecule has 0 aromatic heterocycles. The summed E-state index contributed by atoms with van der Waals surface area (Å²) in [4.78, 5) is 0. The standard InChI is InChI=1S/C28H58O11/c1-3-5-6-28(4-2)27-39-26-25-38-24-23-37-22-21-36-20-19-35-18-17-34-16-15-33-14-13-32-12-11-31-10-9-30-8-7-29/h28-29H,3-27H2,1-2H3. The predicted octanol–water partition coefficient (Wildman–Crippen LogP) is 2.36. The van der Waals surface area contributed by atoms with Crippen LogP contribution in [0.25, 0.3) is 0 Å². The maximum Gasteiger partial charge on any atom is 0.0701 e. The second kappa shape index (κ2) is 35.6. The number of aliphatic hydroxyl groups excluding tert-OH is 1. The van der Waals surface area contributed by atoms with Crippen molar-refractivity contribution in [1.29, 1.82) is 0 Å². The normalized spacial score (nSPS) is 12.4. The van der Waals surface area contributed by atoms with Gasteiger partial charge in [0.05, 0.1) is 132 Å². The van der Waals surface area contributed by atoms with Gasteiger partial charge in [-0.15, -0.1) is 0 Å². The summed E-state index contributed by atoms with van der Waals surface area (Å²) in [6.07, 6.45) is 4.95. The minimum atomic E-state index is 0.0300. The SMILES string of the molecule is CCCCC(CC)COCCOCCOCCOCCOCCOCCOCCOCCOCCOCCO. The Balaban J connectivity index is 3.08. The van der Waals surface area contributed by atoms with Crippen LogP contribution in [0.3, 0.4) is 0 Å². The van der Waals surface area contributed by atoms with Crippen LogP contribution < -0.4 is 0 Å². The van der Waals surface area contributed by atoms with E-state index in [9.17, 15) is 0 Å². The maximum absolute atomic E-state index is 8.57. The minimum Gasteiger partial charge on any atom is -0.394 e. The van der Waals surface area contributed by atoms with Crippen LogP contribution in [0.1, 0.15) is 39.5 Å². The van der Waals surface area contributed by atoms with Crippen molar-refractivity contribution in [2.45, 2.75) is 39.5 Å². The van der Waals surface area contributed by atoms with E-state index < -0.39 is 0 Å². The van der Waals surface area contributed by atoms with Crippen LogP contribution in [0.5, 0.6) is 0 Å². The minimum absolute atomic E-state index is 0.0300. The zero-order valence-corrected chi connectivity index (χ0v) is 24.8. The average Bonchev–Trinajstić information content (AvgIpc) is 2.95. The monoisotopic (exact) mass is 570 g/mol. The van der Waals surface area contributed by atoms with E-state index in [0.717, 1.165) is 6.61 Å². The van der Waals surface area contributed by atoms with E-state index in [4.69, 9.17) is 52.5 Å². The Morgan fingerprint density at radius 2 is 0.692 bits per heavy atom. The van der Waals surface area contributed by atoms with Gasteiger partial charge in [-0.05, 0) is 12.3 Å². The molecule has 0 fully saturated rings. The highest BCUT2D eigenvalue weighted by molar-refractivity contribution is 4.55. The van der Waals surface area contributed by atoms with Crippen molar-refractivity contribution in [3.63, 3.8) is 0 Å². The fourth-order valence-electron chi connectivity index (χ4n) is 3.19. The molecule has 0 radical (unpaired) electrons. The summed E-state index contributed by atoms with van der Waals surface area (Å²) >= 11 is 0. The van der Waals surface area contributed by atoms with Gasteiger partial charge in [-0.1, -0.05) is 33.1 Å². The molecule has 0 saturated heterocycles. The van der Waals surface area contributed by atoms with Crippen LogP contribution in [0, 0.1) is 5.92 Å². The van der Waals surface area contributed by atoms with Crippen LogP contribution >= 0.6 is 0 Å². The summed E-state index contributed by atoms with van der Waals surface area (Å²) in [5.74, 6) is 0.669. The van der Waals surface area contributed by atoms with E-state index in [-0.39, 0.29) is 6.61 Å². The molecule has 1 unspecified atom stereocenters. The molecular formula is C28H58O11. The summed E-state index contributed by atoms with van der Waals surface area (Å²) in [6.45, 7) is 15.3. The Morgan fingerprint density at radius 1 is 0.410 bits per heavy atom. The third kappa shape index (κ3) is 33.7. The molecule has 0 aliphatic rings. The summed E-state index contributed by atoms with van der Waals surface area (Å²) < 4.78 is 54.4. The Bertz CT molecular complexity index is 432. The van der Waals surface area contributed by atoms with Gasteiger partial charge in [0.1, 0.15) is 0 Å². The summed E-state index contributed by atoms with van der Waals surface area (Å²) in [5, 5.41) is 8.57. The zero-order chi connectivity index (χ0) is 28.3. The lowest BCUT2D eigenvalue weighted by molar-refractivity contribution is -0.0273. The summed E-state index contributed by atoms with van der Waals surface area (Å²) in [7, 11) is 0. The van der Waals surface area contributed by atoms with E-state index in [1.54, 1.807) is 0 Å². The highest BCUT2D eigenvalue weighted by atomic mass is 16.6. The first-order chi connectivity index (χ1) is 19.3. The topological polar surface area (TPSA) is 113 Å². The quantitative estimate of drug-likeness (QED) is 0.113. The first kappa shape index (κ1) is 38.6. The van der Waals surface area contributed by atoms with Crippen LogP contribution in [0.2, 0.25) is 0 Å². The number of unbranched alkanes of at least 4 members (excludes halogenated alkanes) is 1. The molecule has 236 valence electrons. The molecule has 0 aromatic rings. The van der Waals surface area contributed by atoms with Crippen molar-refractivity contribution in [3.05, 3.63) is 0 Å². The van der Waals surface area contributed by atoms with E-state index in [2.05, 4.69) is 13.8 Å². The second-order valence-corrected chi connectivity index (χ2v) is 8.73. The van der Waals surface area contributed by atoms with Crippen molar-refractivity contribution >= 4 is 0 Å². The van der Waals surface area contributed by atoms with Crippen LogP contribution in [-0.4, -0.2) is 144 Å². The maximum atomic E-state index is 8.57. The number of ether oxygens (including phenoxy) is 10. The van der Waals surface area contributed by atoms with Gasteiger partial charge in [-0.3, -0.25) is 0 Å². The Labute approximate surface area is 237 Å². The van der Waals surface area contributed by atoms with E-state index >= 15 is 0 Å². The molecule has 0 saturated carbocycles. The molecule has 0 aliphatic carbocycles. The molecule has 0 bridgehead atoms. The Hall–Kier alpha value is -0.440. The molecule has 11 heteroatoms. The fourth-order valence-corrected chi connectivity index (χ4v) is 3.19. The van der Waals surface area contributed by atoms with Gasteiger partial charge in [0.25, 0.3) is 0 Å². The van der Waals surface area contributed by atoms with Crippen molar-refractivity contribution in [1.82, 2.24) is 0 Å². The molecule has 1 N–H and O–H groups in total. The largest absolute Gasteiger partial charge is 0.394 e. The fraction of sp³-hybridized carbons (Fsp3) is 1.00. The number of rotatable bonds is 35. The molecule has 39 heavy (non-hydrogen) atoms. The zero-order valence-electron chi connectivity index (χ0n) is 24.8. The molecule has 0 heterocycles. The third-order valence-corrected chi connectivity index (χ3v) is 5.48. The van der Waals surface area contributed by atoms with Gasteiger partial charge in [-0.25, -0.2) is 0 Å². The highest BCUT2D eigenvalue weighted by Crippen LogP contribution is 2.12. The molecule has 0 amide bonds. The molecule has 1 atom stereocenters. The van der Waals surface area contributed by atoms with E-state index in [0.29, 0.717) is 131 Å². The highest BCUT2D eigenvalue weighted by Gasteiger charge is 2.05. The van der Waals surface area contributed by atoms with Gasteiger partial charge in [0, 0.05) is 6.61 Å². The number of aliphatic hydroxyl groups is 1. The first-order valence-corrected chi connectivity index (χ1v) is 14.7. The van der Waals surface area contributed by atoms with Crippen molar-refractivity contribution < 1.29 is 52.5 Å². The van der Waals surface area contributed by atoms with Gasteiger partial charge >= 0.3 is 0 Å². The lowest BCUT2D eigenvalue weighted by Gasteiger charge is -2.14. The van der Waals surface area contributed by atoms with Crippen molar-refractivity contribution in [3.8, 4) is 0 Å². The third-order valence-electron chi connectivity index (χ3n) is 5.48. The first-order valence-electron chi connectivity index (χ1n) is 14.7. The lowest BCUT2D eigenvalue weighted by atomic mass is 10.0. The van der Waals surface area contributed by atoms with E-state index in [1.807, 2.05) is 0 Å². The molecule has 11 nitrogen and oxygen atoms in total. The summed E-state index contributed by atoms with van der Waals surface area (Å²) in [6, 6.07) is 0. The van der Waals surface area contributed by atoms with Crippen LogP contribution in [0.4, 0.5) is 0 Å². The lowest BCUT2D eigenvalue weighted by Crippen LogP contribution is -2.15. The Morgan fingerprint density at radius 3 is 0.949 bits per heavy atom. The molecule has 0 spiro atoms. The van der Waals surface area contributed by atoms with Crippen LogP contribution in [0.15, 0.2) is 0 Å². The van der Waals surface area contributed by atoms with Gasteiger partial charge in [0.2, 0.25) is 0 Å². The van der Waals surface area contributed by atoms with E-state index in [1.165, 1.54) is 25.7 Å². The molecule has 0 rings (SSSR count). The Kier molecular flexibility index (Phi) is 35.2. The average molecular weight is 571 g/mol. The van der Waals surface area contributed by atoms with Crippen LogP contribution in [-0.2, 0) is 47.4 Å². The van der Waals surface area contributed by atoms with Gasteiger partial charge < -0.3 is 52.5 Å². The number of hydrogen-bond donors (Lipinski definition) is 1. The summed E-state index contributed by atoms with van der Waals surface area (Å²) in [5.41, 5.74) is 0. The smallest absolute Gasteiger partial charge is 0.0701 e. The molecular weight excluding hydrogens is 512 g/mol. The van der Waals surface area contributed by atoms with Gasteiger partial charge in [-0.2, -0.15) is 0 Å². The van der Waals surface area contributed by atoms with Gasteiger partial charge in [0.15, 0.2) is 0 Å².